The molecule has 1 saturated heterocycles. The lowest BCUT2D eigenvalue weighted by Crippen LogP contribution is -2.42. The summed E-state index contributed by atoms with van der Waals surface area (Å²) in [6, 6.07) is 5.36. The summed E-state index contributed by atoms with van der Waals surface area (Å²) in [5.74, 6) is -0.107. The Labute approximate surface area is 210 Å². The van der Waals surface area contributed by atoms with Gasteiger partial charge in [-0.25, -0.2) is 0 Å². The maximum Gasteiger partial charge on any atom is 0.253 e. The largest absolute Gasteiger partial charge is 0.391 e. The molecule has 1 unspecified atom stereocenters. The highest BCUT2D eigenvalue weighted by molar-refractivity contribution is 6.33. The Hall–Kier alpha value is -2.62. The maximum atomic E-state index is 12.9. The molecule has 1 N–H and O–H groups in total. The van der Waals surface area contributed by atoms with Crippen molar-refractivity contribution in [1.29, 1.82) is 0 Å². The summed E-state index contributed by atoms with van der Waals surface area (Å²) in [5.41, 5.74) is 5.27. The van der Waals surface area contributed by atoms with Crippen molar-refractivity contribution in [2.75, 3.05) is 13.1 Å². The van der Waals surface area contributed by atoms with E-state index in [0.29, 0.717) is 23.7 Å². The molecule has 1 aromatic carbocycles. The third-order valence-electron chi connectivity index (χ3n) is 6.03. The number of rotatable bonds is 7. The van der Waals surface area contributed by atoms with Gasteiger partial charge in [-0.3, -0.25) is 4.79 Å². The number of allylic oxidation sites excluding steroid dienone is 10. The molecule has 3 nitrogen and oxygen atoms in total. The number of halogens is 1. The number of likely N-dealkylation sites (tertiary alicyclic amines) is 1. The van der Waals surface area contributed by atoms with Gasteiger partial charge in [0, 0.05) is 29.2 Å². The van der Waals surface area contributed by atoms with E-state index in [1.807, 2.05) is 26.0 Å². The van der Waals surface area contributed by atoms with Crippen LogP contribution in [0.25, 0.3) is 5.57 Å². The molecule has 0 radical (unpaired) electrons. The normalized spacial score (nSPS) is 18.4. The van der Waals surface area contributed by atoms with Crippen molar-refractivity contribution < 1.29 is 9.90 Å². The molecule has 0 spiro atoms. The summed E-state index contributed by atoms with van der Waals surface area (Å²) in [7, 11) is 0. The predicted octanol–water partition coefficient (Wildman–Crippen LogP) is 7.56. The SMILES string of the molecule is C=C\C(=C/C(=C\C)C(/C=C\C)=C/C(=C)C(C)(C)C)c1ccc(C(=O)N2CCCC(O)C2)cc1Cl. The van der Waals surface area contributed by atoms with Crippen molar-refractivity contribution in [3.8, 4) is 0 Å². The van der Waals surface area contributed by atoms with Crippen LogP contribution in [0.4, 0.5) is 0 Å². The molecule has 2 rings (SSSR count). The average Bonchev–Trinajstić information content (AvgIpc) is 2.79. The minimum Gasteiger partial charge on any atom is -0.391 e. The van der Waals surface area contributed by atoms with Crippen LogP contribution in [0.5, 0.6) is 0 Å². The molecular formula is C30H38ClNO2. The van der Waals surface area contributed by atoms with E-state index >= 15 is 0 Å². The van der Waals surface area contributed by atoms with Crippen LogP contribution in [0.3, 0.4) is 0 Å². The van der Waals surface area contributed by atoms with E-state index in [1.54, 1.807) is 23.1 Å². The molecule has 1 aliphatic heterocycles. The van der Waals surface area contributed by atoms with Crippen LogP contribution < -0.4 is 0 Å². The number of amides is 1. The van der Waals surface area contributed by atoms with Crippen molar-refractivity contribution in [2.24, 2.45) is 5.41 Å². The molecule has 1 heterocycles. The van der Waals surface area contributed by atoms with Crippen LogP contribution in [0.15, 0.2) is 84.5 Å². The molecule has 0 saturated carbocycles. The summed E-state index contributed by atoms with van der Waals surface area (Å²) in [6.45, 7) is 19.7. The monoisotopic (exact) mass is 479 g/mol. The smallest absolute Gasteiger partial charge is 0.253 e. The van der Waals surface area contributed by atoms with Gasteiger partial charge < -0.3 is 10.0 Å². The van der Waals surface area contributed by atoms with Crippen molar-refractivity contribution in [1.82, 2.24) is 4.90 Å². The minimum atomic E-state index is -0.462. The number of carbonyl (C=O) groups is 1. The van der Waals surface area contributed by atoms with Crippen LogP contribution in [-0.2, 0) is 0 Å². The van der Waals surface area contributed by atoms with E-state index < -0.39 is 6.10 Å². The van der Waals surface area contributed by atoms with Gasteiger partial charge in [0.1, 0.15) is 0 Å². The Kier molecular flexibility index (Phi) is 9.90. The lowest BCUT2D eigenvalue weighted by Gasteiger charge is -2.30. The zero-order chi connectivity index (χ0) is 25.5. The van der Waals surface area contributed by atoms with Gasteiger partial charge in [-0.2, -0.15) is 0 Å². The first-order valence-electron chi connectivity index (χ1n) is 11.8. The second-order valence-corrected chi connectivity index (χ2v) is 10.1. The van der Waals surface area contributed by atoms with Gasteiger partial charge in [0.2, 0.25) is 0 Å². The van der Waals surface area contributed by atoms with Crippen LogP contribution >= 0.6 is 11.6 Å². The Morgan fingerprint density at radius 3 is 2.44 bits per heavy atom. The first kappa shape index (κ1) is 27.6. The molecule has 0 aromatic heterocycles. The van der Waals surface area contributed by atoms with E-state index in [9.17, 15) is 9.90 Å². The molecule has 182 valence electrons. The van der Waals surface area contributed by atoms with Crippen molar-refractivity contribution >= 4 is 23.1 Å². The van der Waals surface area contributed by atoms with Gasteiger partial charge >= 0.3 is 0 Å². The third kappa shape index (κ3) is 7.19. The second kappa shape index (κ2) is 12.2. The Morgan fingerprint density at radius 2 is 1.91 bits per heavy atom. The highest BCUT2D eigenvalue weighted by Gasteiger charge is 2.23. The number of aliphatic hydroxyl groups is 1. The summed E-state index contributed by atoms with van der Waals surface area (Å²) < 4.78 is 0. The highest BCUT2D eigenvalue weighted by Crippen LogP contribution is 2.31. The quantitative estimate of drug-likeness (QED) is 0.410. The topological polar surface area (TPSA) is 40.5 Å². The summed E-state index contributed by atoms with van der Waals surface area (Å²) in [5, 5.41) is 10.4. The van der Waals surface area contributed by atoms with Crippen LogP contribution in [-0.4, -0.2) is 35.1 Å². The van der Waals surface area contributed by atoms with E-state index in [2.05, 4.69) is 58.2 Å². The fraction of sp³-hybridized carbons (Fsp3) is 0.367. The van der Waals surface area contributed by atoms with Gasteiger partial charge in [-0.1, -0.05) is 82.0 Å². The molecule has 0 bridgehead atoms. The predicted molar refractivity (Wildman–Crippen MR) is 146 cm³/mol. The van der Waals surface area contributed by atoms with Crippen molar-refractivity contribution in [3.63, 3.8) is 0 Å². The lowest BCUT2D eigenvalue weighted by atomic mass is 9.85. The first-order chi connectivity index (χ1) is 16.0. The number of benzene rings is 1. The Morgan fingerprint density at radius 1 is 1.21 bits per heavy atom. The first-order valence-corrected chi connectivity index (χ1v) is 12.2. The molecule has 1 atom stereocenters. The zero-order valence-electron chi connectivity index (χ0n) is 21.2. The van der Waals surface area contributed by atoms with E-state index in [4.69, 9.17) is 11.6 Å². The maximum absolute atomic E-state index is 12.9. The summed E-state index contributed by atoms with van der Waals surface area (Å²) in [6.07, 6.45) is 13.2. The van der Waals surface area contributed by atoms with Crippen molar-refractivity contribution in [3.05, 3.63) is 101 Å². The number of carbonyl (C=O) groups excluding carboxylic acids is 1. The molecule has 34 heavy (non-hydrogen) atoms. The summed E-state index contributed by atoms with van der Waals surface area (Å²) >= 11 is 6.66. The van der Waals surface area contributed by atoms with Crippen LogP contribution in [0.2, 0.25) is 5.02 Å². The van der Waals surface area contributed by atoms with E-state index in [-0.39, 0.29) is 11.3 Å². The fourth-order valence-electron chi connectivity index (χ4n) is 3.76. The second-order valence-electron chi connectivity index (χ2n) is 9.66. The van der Waals surface area contributed by atoms with Gasteiger partial charge in [0.25, 0.3) is 5.91 Å². The number of piperidine rings is 1. The van der Waals surface area contributed by atoms with Gasteiger partial charge in [0.15, 0.2) is 0 Å². The molecule has 1 fully saturated rings. The molecule has 0 aliphatic carbocycles. The fourth-order valence-corrected chi connectivity index (χ4v) is 4.05. The van der Waals surface area contributed by atoms with E-state index in [1.165, 1.54) is 0 Å². The Bertz CT molecular complexity index is 1050. The molecule has 1 aromatic rings. The molecule has 1 amide bonds. The lowest BCUT2D eigenvalue weighted by molar-refractivity contribution is 0.0474. The standard InChI is InChI=1S/C30H38ClNO2/c1-8-12-24(17-21(4)30(5,6)7)22(9-2)18-23(10-3)27-15-14-25(19-28(27)31)29(34)32-16-11-13-26(33)20-32/h8-10,12,14-15,17-19,26,33H,3-4,11,13,16,20H2,1-2,5-7H3/b12-8-,22-9+,23-18+,24-17+. The number of hydrogen-bond acceptors (Lipinski definition) is 2. The van der Waals surface area contributed by atoms with Gasteiger partial charge in [-0.05, 0) is 72.6 Å². The van der Waals surface area contributed by atoms with Gasteiger partial charge in [-0.15, -0.1) is 0 Å². The number of hydrogen-bond donors (Lipinski definition) is 1. The molecule has 1 aliphatic rings. The number of β-amino-alcohol motifs (C(OH)–C–C–N with tert-alkyl or cyclic N) is 1. The Balaban J connectivity index is 2.41. The third-order valence-corrected chi connectivity index (χ3v) is 6.34. The van der Waals surface area contributed by atoms with Crippen LogP contribution in [0.1, 0.15) is 63.4 Å². The number of nitrogens with zero attached hydrogens (tertiary/aromatic N) is 1. The van der Waals surface area contributed by atoms with E-state index in [0.717, 1.165) is 40.7 Å². The van der Waals surface area contributed by atoms with Crippen molar-refractivity contribution in [2.45, 2.75) is 53.6 Å². The van der Waals surface area contributed by atoms with Crippen LogP contribution in [0, 0.1) is 5.41 Å². The number of aliphatic hydroxyl groups excluding tert-OH is 1. The highest BCUT2D eigenvalue weighted by atomic mass is 35.5. The minimum absolute atomic E-state index is 0.0350. The molecule has 4 heteroatoms. The summed E-state index contributed by atoms with van der Waals surface area (Å²) in [4.78, 5) is 14.6. The average molecular weight is 480 g/mol. The molecular weight excluding hydrogens is 442 g/mol. The van der Waals surface area contributed by atoms with Gasteiger partial charge in [0.05, 0.1) is 6.10 Å². The zero-order valence-corrected chi connectivity index (χ0v) is 22.0.